The Balaban J connectivity index is 1.74. The van der Waals surface area contributed by atoms with Crippen LogP contribution in [0.25, 0.3) is 0 Å². The van der Waals surface area contributed by atoms with Crippen LogP contribution >= 0.6 is 58.3 Å². The summed E-state index contributed by atoms with van der Waals surface area (Å²) < 4.78 is 1.72. The summed E-state index contributed by atoms with van der Waals surface area (Å²) in [4.78, 5) is 2.16. The highest BCUT2D eigenvalue weighted by Crippen LogP contribution is 2.37. The topological polar surface area (TPSA) is 17.8 Å². The number of nitrogens with zero attached hydrogens (tertiary/aromatic N) is 2. The summed E-state index contributed by atoms with van der Waals surface area (Å²) in [5.74, 6) is 1.46. The van der Waals surface area contributed by atoms with Crippen molar-refractivity contribution >= 4 is 58.3 Å². The van der Waals surface area contributed by atoms with Crippen molar-refractivity contribution in [1.82, 2.24) is 9.78 Å². The van der Waals surface area contributed by atoms with Gasteiger partial charge in [0.05, 0.1) is 15.7 Å². The van der Waals surface area contributed by atoms with Crippen molar-refractivity contribution in [2.45, 2.75) is 28.2 Å². The van der Waals surface area contributed by atoms with Gasteiger partial charge >= 0.3 is 0 Å². The van der Waals surface area contributed by atoms with E-state index in [-0.39, 0.29) is 0 Å². The Hall–Kier alpha value is -0.780. The summed E-state index contributed by atoms with van der Waals surface area (Å²) in [7, 11) is 1.86. The first kappa shape index (κ1) is 20.0. The molecule has 0 bridgehead atoms. The van der Waals surface area contributed by atoms with E-state index in [1.54, 1.807) is 34.3 Å². The Morgan fingerprint density at radius 2 is 1.69 bits per heavy atom. The van der Waals surface area contributed by atoms with E-state index in [4.69, 9.17) is 34.8 Å². The molecule has 3 rings (SSSR count). The normalized spacial score (nSPS) is 11.1. The summed E-state index contributed by atoms with van der Waals surface area (Å²) in [6.45, 7) is 2.09. The molecule has 0 N–H and O–H groups in total. The molecule has 0 aliphatic heterocycles. The molecule has 0 saturated carbocycles. The highest BCUT2D eigenvalue weighted by atomic mass is 35.5. The fourth-order valence-electron chi connectivity index (χ4n) is 2.39. The second-order valence-electron chi connectivity index (χ2n) is 5.78. The number of aromatic nitrogens is 2. The number of benzene rings is 2. The quantitative estimate of drug-likeness (QED) is 0.373. The van der Waals surface area contributed by atoms with Crippen molar-refractivity contribution in [3.05, 3.63) is 74.5 Å². The first-order chi connectivity index (χ1) is 12.5. The second kappa shape index (κ2) is 8.94. The zero-order chi connectivity index (χ0) is 18.7. The average Bonchev–Trinajstić information content (AvgIpc) is 2.90. The van der Waals surface area contributed by atoms with Crippen LogP contribution in [0.5, 0.6) is 0 Å². The maximum atomic E-state index is 6.47. The number of thioether (sulfide) groups is 2. The second-order valence-corrected chi connectivity index (χ2v) is 8.99. The van der Waals surface area contributed by atoms with Gasteiger partial charge in [0.1, 0.15) is 5.15 Å². The van der Waals surface area contributed by atoms with Crippen molar-refractivity contribution < 1.29 is 0 Å². The van der Waals surface area contributed by atoms with Crippen LogP contribution in [0.3, 0.4) is 0 Å². The molecule has 0 spiro atoms. The predicted molar refractivity (Wildman–Crippen MR) is 115 cm³/mol. The van der Waals surface area contributed by atoms with E-state index < -0.39 is 0 Å². The number of halogens is 3. The van der Waals surface area contributed by atoms with Crippen LogP contribution < -0.4 is 0 Å². The Morgan fingerprint density at radius 3 is 2.42 bits per heavy atom. The maximum absolute atomic E-state index is 6.47. The summed E-state index contributed by atoms with van der Waals surface area (Å²) in [5, 5.41) is 6.39. The van der Waals surface area contributed by atoms with Gasteiger partial charge in [-0.05, 0) is 31.2 Å². The minimum Gasteiger partial charge on any atom is -0.256 e. The zero-order valence-corrected chi connectivity index (χ0v) is 18.2. The van der Waals surface area contributed by atoms with Gasteiger partial charge in [-0.25, -0.2) is 0 Å². The summed E-state index contributed by atoms with van der Waals surface area (Å²) >= 11 is 22.2. The van der Waals surface area contributed by atoms with Gasteiger partial charge in [0, 0.05) is 33.9 Å². The van der Waals surface area contributed by atoms with E-state index in [1.165, 1.54) is 10.5 Å². The molecule has 0 aliphatic rings. The van der Waals surface area contributed by atoms with E-state index in [2.05, 4.69) is 36.3 Å². The third kappa shape index (κ3) is 4.73. The van der Waals surface area contributed by atoms with E-state index in [9.17, 15) is 0 Å². The Kier molecular flexibility index (Phi) is 6.87. The van der Waals surface area contributed by atoms with Gasteiger partial charge in [0.2, 0.25) is 0 Å². The Bertz CT molecular complexity index is 908. The fourth-order valence-corrected chi connectivity index (χ4v) is 5.08. The third-order valence-electron chi connectivity index (χ3n) is 3.84. The van der Waals surface area contributed by atoms with E-state index in [0.29, 0.717) is 21.0 Å². The summed E-state index contributed by atoms with van der Waals surface area (Å²) in [6.07, 6.45) is 0. The summed E-state index contributed by atoms with van der Waals surface area (Å²) in [5.41, 5.74) is 3.29. The molecule has 3 aromatic rings. The fraction of sp³-hybridized carbons (Fsp3) is 0.211. The largest absolute Gasteiger partial charge is 0.256 e. The van der Waals surface area contributed by atoms with Gasteiger partial charge in [-0.3, -0.25) is 4.68 Å². The SMILES string of the molecule is Cc1ccc(SCc2nn(C)c(Cl)c2CSc2cccc(Cl)c2Cl)cc1. The number of rotatable bonds is 6. The van der Waals surface area contributed by atoms with Crippen molar-refractivity contribution in [2.24, 2.45) is 7.05 Å². The number of aryl methyl sites for hydroxylation is 2. The molecule has 26 heavy (non-hydrogen) atoms. The molecule has 0 atom stereocenters. The van der Waals surface area contributed by atoms with Gasteiger partial charge in [0.25, 0.3) is 0 Å². The highest BCUT2D eigenvalue weighted by Gasteiger charge is 2.16. The van der Waals surface area contributed by atoms with Crippen LogP contribution in [0, 0.1) is 6.92 Å². The van der Waals surface area contributed by atoms with E-state index in [0.717, 1.165) is 21.9 Å². The van der Waals surface area contributed by atoms with Crippen molar-refractivity contribution in [2.75, 3.05) is 0 Å². The molecular weight excluding hydrogens is 427 g/mol. The maximum Gasteiger partial charge on any atom is 0.131 e. The smallest absolute Gasteiger partial charge is 0.131 e. The van der Waals surface area contributed by atoms with Crippen molar-refractivity contribution in [3.8, 4) is 0 Å². The molecule has 136 valence electrons. The standard InChI is InChI=1S/C19H17Cl3N2S2/c1-12-6-8-13(9-7-12)25-11-16-14(19(22)24(2)23-16)10-26-17-5-3-4-15(20)18(17)21/h3-9H,10-11H2,1-2H3. The Labute approximate surface area is 177 Å². The molecule has 2 nitrogen and oxygen atoms in total. The minimum absolute atomic E-state index is 0.559. The van der Waals surface area contributed by atoms with Gasteiger partial charge < -0.3 is 0 Å². The molecule has 0 aliphatic carbocycles. The molecule has 0 fully saturated rings. The first-order valence-electron chi connectivity index (χ1n) is 7.92. The molecule has 1 aromatic heterocycles. The van der Waals surface area contributed by atoms with E-state index >= 15 is 0 Å². The molecule has 2 aromatic carbocycles. The first-order valence-corrected chi connectivity index (χ1v) is 11.0. The minimum atomic E-state index is 0.559. The molecule has 1 heterocycles. The van der Waals surface area contributed by atoms with Crippen LogP contribution in [0.2, 0.25) is 15.2 Å². The molecule has 0 unspecified atom stereocenters. The average molecular weight is 444 g/mol. The predicted octanol–water partition coefficient (Wildman–Crippen LogP) is 7.27. The van der Waals surface area contributed by atoms with Crippen LogP contribution in [-0.4, -0.2) is 9.78 Å². The van der Waals surface area contributed by atoms with Crippen LogP contribution in [0.1, 0.15) is 16.8 Å². The lowest BCUT2D eigenvalue weighted by Crippen LogP contribution is -1.91. The van der Waals surface area contributed by atoms with Gasteiger partial charge in [-0.2, -0.15) is 5.10 Å². The third-order valence-corrected chi connectivity index (χ3v) is 7.35. The van der Waals surface area contributed by atoms with Gasteiger partial charge in [-0.1, -0.05) is 58.6 Å². The van der Waals surface area contributed by atoms with Crippen LogP contribution in [0.4, 0.5) is 0 Å². The molecule has 0 saturated heterocycles. The zero-order valence-electron chi connectivity index (χ0n) is 14.3. The lowest BCUT2D eigenvalue weighted by Gasteiger charge is -2.07. The van der Waals surface area contributed by atoms with Crippen molar-refractivity contribution in [3.63, 3.8) is 0 Å². The van der Waals surface area contributed by atoms with Gasteiger partial charge in [0.15, 0.2) is 0 Å². The summed E-state index contributed by atoms with van der Waals surface area (Å²) in [6, 6.07) is 14.1. The van der Waals surface area contributed by atoms with E-state index in [1.807, 2.05) is 19.2 Å². The number of hydrogen-bond acceptors (Lipinski definition) is 3. The molecule has 0 amide bonds. The molecule has 0 radical (unpaired) electrons. The molecule has 7 heteroatoms. The lowest BCUT2D eigenvalue weighted by atomic mass is 10.2. The van der Waals surface area contributed by atoms with Crippen LogP contribution in [0.15, 0.2) is 52.3 Å². The molecular formula is C19H17Cl3N2S2. The monoisotopic (exact) mass is 442 g/mol. The van der Waals surface area contributed by atoms with Crippen molar-refractivity contribution in [1.29, 1.82) is 0 Å². The highest BCUT2D eigenvalue weighted by molar-refractivity contribution is 7.99. The lowest BCUT2D eigenvalue weighted by molar-refractivity contribution is 0.755. The van der Waals surface area contributed by atoms with Gasteiger partial charge in [-0.15, -0.1) is 23.5 Å². The Morgan fingerprint density at radius 1 is 0.962 bits per heavy atom. The number of hydrogen-bond donors (Lipinski definition) is 0. The van der Waals surface area contributed by atoms with Crippen LogP contribution in [-0.2, 0) is 18.6 Å².